The Kier molecular flexibility index (Phi) is 6.68. The average molecular weight is 371 g/mol. The minimum atomic E-state index is -0.0905. The van der Waals surface area contributed by atoms with Crippen LogP contribution in [0.3, 0.4) is 0 Å². The number of aromatic nitrogens is 2. The number of nitrogens with zero attached hydrogens (tertiary/aromatic N) is 2. The van der Waals surface area contributed by atoms with Gasteiger partial charge in [-0.3, -0.25) is 4.79 Å². The molecule has 0 aliphatic rings. The van der Waals surface area contributed by atoms with E-state index in [9.17, 15) is 4.79 Å². The van der Waals surface area contributed by atoms with Crippen LogP contribution in [-0.4, -0.2) is 28.4 Å². The van der Waals surface area contributed by atoms with E-state index in [2.05, 4.69) is 34.7 Å². The first-order valence-electron chi connectivity index (χ1n) is 7.20. The van der Waals surface area contributed by atoms with Gasteiger partial charge in [0, 0.05) is 17.3 Å². The molecule has 0 atom stereocenters. The summed E-state index contributed by atoms with van der Waals surface area (Å²) in [6.45, 7) is 7.04. The molecule has 0 aliphatic heterocycles. The molecule has 0 spiro atoms. The number of nitrogens with one attached hydrogen (secondary N) is 2. The Balaban J connectivity index is 1.83. The smallest absolute Gasteiger partial charge is 0.234 e. The Morgan fingerprint density at radius 2 is 2.17 bits per heavy atom. The number of benzene rings is 1. The van der Waals surface area contributed by atoms with Gasteiger partial charge in [0.1, 0.15) is 0 Å². The number of hydrogen-bond acceptors (Lipinski definition) is 6. The van der Waals surface area contributed by atoms with E-state index in [1.165, 1.54) is 23.1 Å². The van der Waals surface area contributed by atoms with Gasteiger partial charge in [-0.05, 0) is 30.5 Å². The number of aryl methyl sites for hydroxylation is 1. The lowest BCUT2D eigenvalue weighted by Crippen LogP contribution is -2.14. The molecule has 1 aromatic heterocycles. The molecule has 23 heavy (non-hydrogen) atoms. The van der Waals surface area contributed by atoms with Crippen molar-refractivity contribution in [3.63, 3.8) is 0 Å². The van der Waals surface area contributed by atoms with Crippen LogP contribution in [-0.2, 0) is 4.79 Å². The predicted octanol–water partition coefficient (Wildman–Crippen LogP) is 4.30. The first-order chi connectivity index (χ1) is 10.9. The number of carbonyl (C=O) groups is 1. The van der Waals surface area contributed by atoms with Crippen LogP contribution in [0, 0.1) is 12.8 Å². The summed E-state index contributed by atoms with van der Waals surface area (Å²) in [5.41, 5.74) is 1.71. The fraction of sp³-hybridized carbons (Fsp3) is 0.400. The summed E-state index contributed by atoms with van der Waals surface area (Å²) < 4.78 is 0.772. The van der Waals surface area contributed by atoms with Gasteiger partial charge in [-0.2, -0.15) is 0 Å². The first-order valence-corrected chi connectivity index (χ1v) is 9.38. The summed E-state index contributed by atoms with van der Waals surface area (Å²) >= 11 is 8.78. The van der Waals surface area contributed by atoms with Crippen LogP contribution in [0.25, 0.3) is 0 Å². The second kappa shape index (κ2) is 8.52. The molecule has 0 radical (unpaired) electrons. The van der Waals surface area contributed by atoms with E-state index >= 15 is 0 Å². The number of carbonyl (C=O) groups excluding carboxylic acids is 1. The van der Waals surface area contributed by atoms with Crippen molar-refractivity contribution in [2.75, 3.05) is 22.9 Å². The fourth-order valence-corrected chi connectivity index (χ4v) is 3.40. The zero-order valence-electron chi connectivity index (χ0n) is 13.2. The molecule has 1 amide bonds. The Labute approximate surface area is 149 Å². The van der Waals surface area contributed by atoms with E-state index in [-0.39, 0.29) is 11.7 Å². The summed E-state index contributed by atoms with van der Waals surface area (Å²) in [5.74, 6) is 0.735. The number of halogens is 1. The SMILES string of the molecule is Cc1ccc(Cl)cc1NC(=O)CSc1nnc(NCC(C)C)s1. The van der Waals surface area contributed by atoms with E-state index in [4.69, 9.17) is 11.6 Å². The third-order valence-corrected chi connectivity index (χ3v) is 5.12. The lowest BCUT2D eigenvalue weighted by molar-refractivity contribution is -0.113. The number of thioether (sulfide) groups is 1. The van der Waals surface area contributed by atoms with Gasteiger partial charge in [0.05, 0.1) is 5.75 Å². The minimum absolute atomic E-state index is 0.0905. The highest BCUT2D eigenvalue weighted by molar-refractivity contribution is 8.01. The zero-order valence-corrected chi connectivity index (χ0v) is 15.6. The van der Waals surface area contributed by atoms with Gasteiger partial charge in [0.15, 0.2) is 4.34 Å². The van der Waals surface area contributed by atoms with Crippen LogP contribution in [0.1, 0.15) is 19.4 Å². The molecule has 0 aliphatic carbocycles. The van der Waals surface area contributed by atoms with E-state index in [0.29, 0.717) is 10.9 Å². The van der Waals surface area contributed by atoms with Gasteiger partial charge in [-0.25, -0.2) is 0 Å². The van der Waals surface area contributed by atoms with Crippen molar-refractivity contribution in [3.05, 3.63) is 28.8 Å². The third kappa shape index (κ3) is 6.01. The van der Waals surface area contributed by atoms with Gasteiger partial charge in [-0.1, -0.05) is 54.6 Å². The highest BCUT2D eigenvalue weighted by Crippen LogP contribution is 2.26. The zero-order chi connectivity index (χ0) is 16.8. The number of rotatable bonds is 7. The molecule has 124 valence electrons. The standard InChI is InChI=1S/C15H19ClN4OS2/c1-9(2)7-17-14-19-20-15(23-14)22-8-13(21)18-12-6-11(16)5-4-10(12)3/h4-6,9H,7-8H2,1-3H3,(H,17,19)(H,18,21). The maximum atomic E-state index is 12.0. The lowest BCUT2D eigenvalue weighted by Gasteiger charge is -2.08. The van der Waals surface area contributed by atoms with Gasteiger partial charge in [0.25, 0.3) is 0 Å². The molecule has 2 N–H and O–H groups in total. The third-order valence-electron chi connectivity index (χ3n) is 2.87. The molecule has 0 saturated heterocycles. The molecule has 0 bridgehead atoms. The molecule has 0 saturated carbocycles. The molecule has 1 aromatic carbocycles. The highest BCUT2D eigenvalue weighted by Gasteiger charge is 2.10. The van der Waals surface area contributed by atoms with Gasteiger partial charge >= 0.3 is 0 Å². The summed E-state index contributed by atoms with van der Waals surface area (Å²) in [5, 5.41) is 15.6. The molecule has 5 nitrogen and oxygen atoms in total. The van der Waals surface area contributed by atoms with Crippen LogP contribution >= 0.6 is 34.7 Å². The average Bonchev–Trinajstić information content (AvgIpc) is 2.95. The number of anilines is 2. The van der Waals surface area contributed by atoms with E-state index in [1.807, 2.05) is 13.0 Å². The molecule has 0 unspecified atom stereocenters. The maximum absolute atomic E-state index is 12.0. The van der Waals surface area contributed by atoms with Crippen LogP contribution in [0.4, 0.5) is 10.8 Å². The van der Waals surface area contributed by atoms with Crippen LogP contribution < -0.4 is 10.6 Å². The highest BCUT2D eigenvalue weighted by atomic mass is 35.5. The lowest BCUT2D eigenvalue weighted by atomic mass is 10.2. The topological polar surface area (TPSA) is 66.9 Å². The van der Waals surface area contributed by atoms with Crippen LogP contribution in [0.5, 0.6) is 0 Å². The van der Waals surface area contributed by atoms with Crippen molar-refractivity contribution in [1.29, 1.82) is 0 Å². The van der Waals surface area contributed by atoms with E-state index in [0.717, 1.165) is 27.3 Å². The fourth-order valence-electron chi connectivity index (χ4n) is 1.67. The summed E-state index contributed by atoms with van der Waals surface area (Å²) in [6, 6.07) is 5.43. The molecular weight excluding hydrogens is 352 g/mol. The Hall–Kier alpha value is -1.31. The molecular formula is C15H19ClN4OS2. The van der Waals surface area contributed by atoms with E-state index < -0.39 is 0 Å². The number of hydrogen-bond donors (Lipinski definition) is 2. The normalized spacial score (nSPS) is 10.8. The van der Waals surface area contributed by atoms with Gasteiger partial charge < -0.3 is 10.6 Å². The number of amides is 1. The van der Waals surface area contributed by atoms with Crippen molar-refractivity contribution >= 4 is 51.4 Å². The van der Waals surface area contributed by atoms with Crippen LogP contribution in [0.15, 0.2) is 22.5 Å². The molecule has 2 aromatic rings. The Morgan fingerprint density at radius 3 is 2.91 bits per heavy atom. The molecule has 1 heterocycles. The quantitative estimate of drug-likeness (QED) is 0.711. The van der Waals surface area contributed by atoms with Crippen molar-refractivity contribution in [1.82, 2.24) is 10.2 Å². The predicted molar refractivity (Wildman–Crippen MR) is 98.8 cm³/mol. The summed E-state index contributed by atoms with van der Waals surface area (Å²) in [6.07, 6.45) is 0. The Morgan fingerprint density at radius 1 is 1.39 bits per heavy atom. The molecule has 8 heteroatoms. The van der Waals surface area contributed by atoms with Crippen molar-refractivity contribution in [2.45, 2.75) is 25.1 Å². The van der Waals surface area contributed by atoms with E-state index in [1.54, 1.807) is 12.1 Å². The van der Waals surface area contributed by atoms with Gasteiger partial charge in [0.2, 0.25) is 11.0 Å². The monoisotopic (exact) mass is 370 g/mol. The maximum Gasteiger partial charge on any atom is 0.234 e. The first kappa shape index (κ1) is 18.0. The van der Waals surface area contributed by atoms with Crippen LogP contribution in [0.2, 0.25) is 5.02 Å². The van der Waals surface area contributed by atoms with Crippen molar-refractivity contribution in [2.24, 2.45) is 5.92 Å². The largest absolute Gasteiger partial charge is 0.360 e. The van der Waals surface area contributed by atoms with Crippen molar-refractivity contribution in [3.8, 4) is 0 Å². The minimum Gasteiger partial charge on any atom is -0.360 e. The summed E-state index contributed by atoms with van der Waals surface area (Å²) in [7, 11) is 0. The Bertz CT molecular complexity index is 675. The second-order valence-electron chi connectivity index (χ2n) is 5.44. The molecule has 0 fully saturated rings. The summed E-state index contributed by atoms with van der Waals surface area (Å²) in [4.78, 5) is 12.0. The molecule has 2 rings (SSSR count). The van der Waals surface area contributed by atoms with Crippen molar-refractivity contribution < 1.29 is 4.79 Å². The second-order valence-corrected chi connectivity index (χ2v) is 8.08. The van der Waals surface area contributed by atoms with Gasteiger partial charge in [-0.15, -0.1) is 10.2 Å².